The molecule has 3 heteroatoms. The van der Waals surface area contributed by atoms with Gasteiger partial charge in [0.25, 0.3) is 0 Å². The zero-order chi connectivity index (χ0) is 13.2. The Bertz CT molecular complexity index is 559. The smallest absolute Gasteiger partial charge is 0.123 e. The van der Waals surface area contributed by atoms with Gasteiger partial charge >= 0.3 is 0 Å². The minimum Gasteiger partial charge on any atom is -0.241 e. The molecule has 1 aliphatic rings. The Balaban J connectivity index is 1.85. The first-order chi connectivity index (χ1) is 9.26. The SMILES string of the molecule is CCCC1CCc2nc(-c3ccc(Br)cc3)sc2C1. The lowest BCUT2D eigenvalue weighted by molar-refractivity contribution is 0.424. The normalized spacial score (nSPS) is 18.3. The fourth-order valence-electron chi connectivity index (χ4n) is 2.81. The van der Waals surface area contributed by atoms with E-state index in [1.54, 1.807) is 0 Å². The van der Waals surface area contributed by atoms with Crippen molar-refractivity contribution in [1.29, 1.82) is 0 Å². The van der Waals surface area contributed by atoms with E-state index in [4.69, 9.17) is 4.98 Å². The average Bonchev–Trinajstić information content (AvgIpc) is 2.83. The Kier molecular flexibility index (Phi) is 4.04. The van der Waals surface area contributed by atoms with Crippen LogP contribution in [0.1, 0.15) is 36.8 Å². The second kappa shape index (κ2) is 5.76. The summed E-state index contributed by atoms with van der Waals surface area (Å²) in [6.45, 7) is 2.29. The number of hydrogen-bond acceptors (Lipinski definition) is 2. The highest BCUT2D eigenvalue weighted by molar-refractivity contribution is 9.10. The van der Waals surface area contributed by atoms with Crippen LogP contribution in [0.2, 0.25) is 0 Å². The molecule has 0 N–H and O–H groups in total. The van der Waals surface area contributed by atoms with Gasteiger partial charge in [0.2, 0.25) is 0 Å². The van der Waals surface area contributed by atoms with E-state index in [2.05, 4.69) is 47.1 Å². The van der Waals surface area contributed by atoms with Crippen LogP contribution in [0.5, 0.6) is 0 Å². The Morgan fingerprint density at radius 1 is 1.32 bits per heavy atom. The van der Waals surface area contributed by atoms with E-state index in [1.807, 2.05) is 11.3 Å². The summed E-state index contributed by atoms with van der Waals surface area (Å²) in [6.07, 6.45) is 6.41. The Labute approximate surface area is 127 Å². The van der Waals surface area contributed by atoms with E-state index in [1.165, 1.54) is 53.2 Å². The Hall–Kier alpha value is -0.670. The number of aryl methyl sites for hydroxylation is 1. The third-order valence-electron chi connectivity index (χ3n) is 3.83. The maximum absolute atomic E-state index is 4.85. The van der Waals surface area contributed by atoms with E-state index in [0.717, 1.165) is 10.4 Å². The van der Waals surface area contributed by atoms with Gasteiger partial charge in [-0.15, -0.1) is 11.3 Å². The summed E-state index contributed by atoms with van der Waals surface area (Å²) in [7, 11) is 0. The second-order valence-electron chi connectivity index (χ2n) is 5.29. The first-order valence-corrected chi connectivity index (χ1v) is 8.61. The molecule has 100 valence electrons. The molecule has 1 atom stereocenters. The lowest BCUT2D eigenvalue weighted by atomic mass is 9.88. The van der Waals surface area contributed by atoms with Crippen LogP contribution in [0, 0.1) is 5.92 Å². The van der Waals surface area contributed by atoms with Crippen molar-refractivity contribution in [2.45, 2.75) is 39.0 Å². The molecule has 0 saturated heterocycles. The van der Waals surface area contributed by atoms with Gasteiger partial charge in [-0.2, -0.15) is 0 Å². The molecule has 19 heavy (non-hydrogen) atoms. The van der Waals surface area contributed by atoms with Crippen LogP contribution in [-0.4, -0.2) is 4.98 Å². The third kappa shape index (κ3) is 2.92. The van der Waals surface area contributed by atoms with Crippen molar-refractivity contribution in [2.24, 2.45) is 5.92 Å². The number of halogens is 1. The zero-order valence-electron chi connectivity index (χ0n) is 11.2. The van der Waals surface area contributed by atoms with Crippen molar-refractivity contribution in [2.75, 3.05) is 0 Å². The summed E-state index contributed by atoms with van der Waals surface area (Å²) in [4.78, 5) is 6.38. The Morgan fingerprint density at radius 3 is 2.84 bits per heavy atom. The minimum atomic E-state index is 0.885. The van der Waals surface area contributed by atoms with E-state index >= 15 is 0 Å². The molecule has 1 aliphatic carbocycles. The number of benzene rings is 1. The maximum Gasteiger partial charge on any atom is 0.123 e. The van der Waals surface area contributed by atoms with Gasteiger partial charge in [0.15, 0.2) is 0 Å². The summed E-state index contributed by atoms with van der Waals surface area (Å²) >= 11 is 5.38. The van der Waals surface area contributed by atoms with Crippen LogP contribution >= 0.6 is 27.3 Å². The van der Waals surface area contributed by atoms with Crippen LogP contribution in [0.15, 0.2) is 28.7 Å². The fraction of sp³-hybridized carbons (Fsp3) is 0.438. The average molecular weight is 336 g/mol. The van der Waals surface area contributed by atoms with Crippen molar-refractivity contribution < 1.29 is 0 Å². The van der Waals surface area contributed by atoms with Gasteiger partial charge in [0.05, 0.1) is 5.69 Å². The minimum absolute atomic E-state index is 0.885. The number of hydrogen-bond donors (Lipinski definition) is 0. The van der Waals surface area contributed by atoms with Gasteiger partial charge in [-0.25, -0.2) is 4.98 Å². The molecule has 0 spiro atoms. The third-order valence-corrected chi connectivity index (χ3v) is 5.53. The summed E-state index contributed by atoms with van der Waals surface area (Å²) in [5.41, 5.74) is 2.60. The molecule has 0 amide bonds. The number of rotatable bonds is 3. The fourth-order valence-corrected chi connectivity index (χ4v) is 4.31. The molecule has 3 rings (SSSR count). The quantitative estimate of drug-likeness (QED) is 0.723. The van der Waals surface area contributed by atoms with Gasteiger partial charge in [0, 0.05) is 14.9 Å². The van der Waals surface area contributed by atoms with Crippen LogP contribution < -0.4 is 0 Å². The number of aromatic nitrogens is 1. The van der Waals surface area contributed by atoms with Gasteiger partial charge in [-0.3, -0.25) is 0 Å². The van der Waals surface area contributed by atoms with E-state index in [0.29, 0.717) is 0 Å². The summed E-state index contributed by atoms with van der Waals surface area (Å²) < 4.78 is 1.13. The number of fused-ring (bicyclic) bond motifs is 1. The first-order valence-electron chi connectivity index (χ1n) is 7.00. The molecule has 1 unspecified atom stereocenters. The summed E-state index contributed by atoms with van der Waals surface area (Å²) in [5.74, 6) is 0.885. The molecule has 1 aromatic heterocycles. The highest BCUT2D eigenvalue weighted by atomic mass is 79.9. The van der Waals surface area contributed by atoms with Crippen molar-refractivity contribution in [3.8, 4) is 10.6 Å². The molecule has 0 fully saturated rings. The van der Waals surface area contributed by atoms with E-state index in [9.17, 15) is 0 Å². The van der Waals surface area contributed by atoms with Crippen molar-refractivity contribution >= 4 is 27.3 Å². The zero-order valence-corrected chi connectivity index (χ0v) is 13.6. The van der Waals surface area contributed by atoms with E-state index in [-0.39, 0.29) is 0 Å². The lowest BCUT2D eigenvalue weighted by Crippen LogP contribution is -2.12. The summed E-state index contributed by atoms with van der Waals surface area (Å²) in [6, 6.07) is 8.49. The summed E-state index contributed by atoms with van der Waals surface area (Å²) in [5, 5.41) is 1.19. The predicted molar refractivity (Wildman–Crippen MR) is 85.7 cm³/mol. The van der Waals surface area contributed by atoms with Crippen LogP contribution in [-0.2, 0) is 12.8 Å². The predicted octanol–water partition coefficient (Wildman–Crippen LogP) is 5.48. The number of nitrogens with zero attached hydrogens (tertiary/aromatic N) is 1. The van der Waals surface area contributed by atoms with Crippen LogP contribution in [0.25, 0.3) is 10.6 Å². The highest BCUT2D eigenvalue weighted by Crippen LogP contribution is 2.36. The van der Waals surface area contributed by atoms with Gasteiger partial charge < -0.3 is 0 Å². The molecule has 0 radical (unpaired) electrons. The van der Waals surface area contributed by atoms with Crippen molar-refractivity contribution in [3.63, 3.8) is 0 Å². The second-order valence-corrected chi connectivity index (χ2v) is 7.29. The van der Waals surface area contributed by atoms with Crippen LogP contribution in [0.4, 0.5) is 0 Å². The van der Waals surface area contributed by atoms with Gasteiger partial charge in [-0.1, -0.05) is 47.8 Å². The first kappa shape index (κ1) is 13.3. The monoisotopic (exact) mass is 335 g/mol. The Morgan fingerprint density at radius 2 is 2.11 bits per heavy atom. The largest absolute Gasteiger partial charge is 0.241 e. The van der Waals surface area contributed by atoms with Gasteiger partial charge in [-0.05, 0) is 37.3 Å². The lowest BCUT2D eigenvalue weighted by Gasteiger charge is -2.20. The molecule has 0 bridgehead atoms. The maximum atomic E-state index is 4.85. The van der Waals surface area contributed by atoms with Gasteiger partial charge in [0.1, 0.15) is 5.01 Å². The molecular formula is C16H18BrNS. The molecule has 0 saturated carbocycles. The molecule has 2 aromatic rings. The molecule has 1 aromatic carbocycles. The standard InChI is InChI=1S/C16H18BrNS/c1-2-3-11-4-9-14-15(10-11)19-16(18-14)12-5-7-13(17)8-6-12/h5-8,11H,2-4,9-10H2,1H3. The van der Waals surface area contributed by atoms with Crippen molar-refractivity contribution in [3.05, 3.63) is 39.3 Å². The molecule has 1 heterocycles. The molecule has 0 aliphatic heterocycles. The van der Waals surface area contributed by atoms with Crippen molar-refractivity contribution in [1.82, 2.24) is 4.98 Å². The molecular weight excluding hydrogens is 318 g/mol. The molecule has 1 nitrogen and oxygen atoms in total. The number of thiazole rings is 1. The topological polar surface area (TPSA) is 12.9 Å². The van der Waals surface area contributed by atoms with E-state index < -0.39 is 0 Å². The van der Waals surface area contributed by atoms with Crippen LogP contribution in [0.3, 0.4) is 0 Å². The highest BCUT2D eigenvalue weighted by Gasteiger charge is 2.22.